The van der Waals surface area contributed by atoms with Gasteiger partial charge in [0.15, 0.2) is 0 Å². The molecule has 0 fully saturated rings. The molecule has 2 aromatic carbocycles. The Bertz CT molecular complexity index is 690. The number of ether oxygens (including phenoxy) is 2. The van der Waals surface area contributed by atoms with Crippen molar-refractivity contribution in [3.8, 4) is 11.5 Å². The quantitative estimate of drug-likeness (QED) is 0.811. The molecule has 0 saturated carbocycles. The van der Waals surface area contributed by atoms with Crippen molar-refractivity contribution in [2.24, 2.45) is 0 Å². The molecule has 0 heterocycles. The number of benzene rings is 2. The largest absolute Gasteiger partial charge is 0.497 e. The summed E-state index contributed by atoms with van der Waals surface area (Å²) < 4.78 is 22.7. The summed E-state index contributed by atoms with van der Waals surface area (Å²) in [5, 5.41) is 0. The molecule has 0 amide bonds. The summed E-state index contributed by atoms with van der Waals surface area (Å²) in [6.07, 6.45) is 0. The van der Waals surface area contributed by atoms with Crippen LogP contribution in [0.4, 0.5) is 0 Å². The summed E-state index contributed by atoms with van der Waals surface area (Å²) in [7, 11) is 2.20. The van der Waals surface area contributed by atoms with Crippen LogP contribution in [-0.4, -0.2) is 24.2 Å². The minimum Gasteiger partial charge on any atom is -0.497 e. The van der Waals surface area contributed by atoms with Crippen LogP contribution in [-0.2, 0) is 10.8 Å². The normalized spacial score (nSPS) is 11.8. The molecule has 0 aliphatic heterocycles. The van der Waals surface area contributed by atoms with Crippen LogP contribution < -0.4 is 9.47 Å². The van der Waals surface area contributed by atoms with Gasteiger partial charge in [-0.25, -0.2) is 0 Å². The SMILES string of the molecule is C=C(c1ccc(OC)cc1)c1cc(OC)ccc1S(=O)CC. The molecule has 0 radical (unpaired) electrons. The van der Waals surface area contributed by atoms with Crippen molar-refractivity contribution < 1.29 is 13.7 Å². The average molecular weight is 316 g/mol. The van der Waals surface area contributed by atoms with E-state index in [2.05, 4.69) is 6.58 Å². The molecule has 0 spiro atoms. The topological polar surface area (TPSA) is 35.5 Å². The van der Waals surface area contributed by atoms with Crippen LogP contribution in [0.1, 0.15) is 18.1 Å². The van der Waals surface area contributed by atoms with E-state index in [0.717, 1.165) is 33.1 Å². The first kappa shape index (κ1) is 16.3. The second-order valence-electron chi connectivity index (χ2n) is 4.70. The molecule has 3 nitrogen and oxygen atoms in total. The zero-order valence-corrected chi connectivity index (χ0v) is 13.9. The smallest absolute Gasteiger partial charge is 0.119 e. The Morgan fingerprint density at radius 3 is 2.18 bits per heavy atom. The van der Waals surface area contributed by atoms with Crippen LogP contribution >= 0.6 is 0 Å². The lowest BCUT2D eigenvalue weighted by molar-refractivity contribution is 0.414. The lowest BCUT2D eigenvalue weighted by Crippen LogP contribution is -2.01. The third kappa shape index (κ3) is 3.39. The van der Waals surface area contributed by atoms with Crippen molar-refractivity contribution in [2.75, 3.05) is 20.0 Å². The van der Waals surface area contributed by atoms with Crippen LogP contribution in [0.2, 0.25) is 0 Å². The number of rotatable bonds is 6. The molecule has 116 valence electrons. The maximum absolute atomic E-state index is 12.3. The Morgan fingerprint density at radius 2 is 1.64 bits per heavy atom. The van der Waals surface area contributed by atoms with Crippen LogP contribution in [0, 0.1) is 0 Å². The molecule has 1 unspecified atom stereocenters. The predicted octanol–water partition coefficient (Wildman–Crippen LogP) is 3.89. The first-order valence-corrected chi connectivity index (χ1v) is 8.32. The second-order valence-corrected chi connectivity index (χ2v) is 6.41. The Kier molecular flexibility index (Phi) is 5.39. The highest BCUT2D eigenvalue weighted by atomic mass is 32.2. The molecular weight excluding hydrogens is 296 g/mol. The van der Waals surface area contributed by atoms with Gasteiger partial charge >= 0.3 is 0 Å². The Balaban J connectivity index is 2.47. The van der Waals surface area contributed by atoms with Crippen molar-refractivity contribution in [3.05, 3.63) is 60.2 Å². The van der Waals surface area contributed by atoms with Crippen molar-refractivity contribution in [1.29, 1.82) is 0 Å². The van der Waals surface area contributed by atoms with Gasteiger partial charge < -0.3 is 9.47 Å². The van der Waals surface area contributed by atoms with Gasteiger partial charge in [-0.3, -0.25) is 4.21 Å². The summed E-state index contributed by atoms with van der Waals surface area (Å²) in [6.45, 7) is 6.08. The third-order valence-electron chi connectivity index (χ3n) is 3.46. The predicted molar refractivity (Wildman–Crippen MR) is 91.1 cm³/mol. The minimum absolute atomic E-state index is 0.565. The molecule has 2 rings (SSSR count). The van der Waals surface area contributed by atoms with E-state index in [1.165, 1.54) is 0 Å². The maximum atomic E-state index is 12.3. The van der Waals surface area contributed by atoms with E-state index in [0.29, 0.717) is 5.75 Å². The summed E-state index contributed by atoms with van der Waals surface area (Å²) in [4.78, 5) is 0.782. The van der Waals surface area contributed by atoms with Gasteiger partial charge in [-0.05, 0) is 41.5 Å². The first-order chi connectivity index (χ1) is 10.6. The second kappa shape index (κ2) is 7.27. The average Bonchev–Trinajstić information content (AvgIpc) is 2.59. The number of methoxy groups -OCH3 is 2. The Morgan fingerprint density at radius 1 is 1.05 bits per heavy atom. The number of hydrogen-bond acceptors (Lipinski definition) is 3. The van der Waals surface area contributed by atoms with Gasteiger partial charge in [-0.2, -0.15) is 0 Å². The molecular formula is C18H20O3S. The summed E-state index contributed by atoms with van der Waals surface area (Å²) in [5.74, 6) is 2.08. The maximum Gasteiger partial charge on any atom is 0.119 e. The van der Waals surface area contributed by atoms with Gasteiger partial charge in [0.05, 0.1) is 25.0 Å². The molecule has 0 saturated heterocycles. The van der Waals surface area contributed by atoms with Crippen LogP contribution in [0.15, 0.2) is 53.9 Å². The summed E-state index contributed by atoms with van der Waals surface area (Å²) in [5.41, 5.74) is 2.63. The molecule has 0 aliphatic rings. The van der Waals surface area contributed by atoms with E-state index in [1.807, 2.05) is 49.4 Å². The number of hydrogen-bond donors (Lipinski definition) is 0. The van der Waals surface area contributed by atoms with Crippen LogP contribution in [0.25, 0.3) is 5.57 Å². The van der Waals surface area contributed by atoms with E-state index in [4.69, 9.17) is 9.47 Å². The zero-order chi connectivity index (χ0) is 16.1. The van der Waals surface area contributed by atoms with Crippen LogP contribution in [0.5, 0.6) is 11.5 Å². The van der Waals surface area contributed by atoms with E-state index in [1.54, 1.807) is 14.2 Å². The van der Waals surface area contributed by atoms with E-state index >= 15 is 0 Å². The molecule has 0 aromatic heterocycles. The van der Waals surface area contributed by atoms with E-state index in [-0.39, 0.29) is 0 Å². The van der Waals surface area contributed by atoms with Crippen molar-refractivity contribution in [3.63, 3.8) is 0 Å². The standard InChI is InChI=1S/C18H20O3S/c1-5-22(19)18-11-10-16(21-4)12-17(18)13(2)14-6-8-15(20-3)9-7-14/h6-12H,2,5H2,1,3-4H3. The molecule has 4 heteroatoms. The van der Waals surface area contributed by atoms with E-state index < -0.39 is 10.8 Å². The van der Waals surface area contributed by atoms with E-state index in [9.17, 15) is 4.21 Å². The molecule has 0 bridgehead atoms. The highest BCUT2D eigenvalue weighted by Gasteiger charge is 2.14. The first-order valence-electron chi connectivity index (χ1n) is 7.00. The van der Waals surface area contributed by atoms with Gasteiger partial charge in [0.1, 0.15) is 11.5 Å². The molecule has 0 aliphatic carbocycles. The fourth-order valence-electron chi connectivity index (χ4n) is 2.17. The minimum atomic E-state index is -1.05. The highest BCUT2D eigenvalue weighted by Crippen LogP contribution is 2.31. The molecule has 22 heavy (non-hydrogen) atoms. The molecule has 0 N–H and O–H groups in total. The third-order valence-corrected chi connectivity index (χ3v) is 4.83. The van der Waals surface area contributed by atoms with Crippen molar-refractivity contribution >= 4 is 16.4 Å². The molecule has 1 atom stereocenters. The Hall–Kier alpha value is -2.07. The van der Waals surface area contributed by atoms with Gasteiger partial charge in [-0.1, -0.05) is 25.6 Å². The zero-order valence-electron chi connectivity index (χ0n) is 13.1. The summed E-state index contributed by atoms with van der Waals surface area (Å²) >= 11 is 0. The lowest BCUT2D eigenvalue weighted by atomic mass is 9.99. The van der Waals surface area contributed by atoms with Crippen molar-refractivity contribution in [2.45, 2.75) is 11.8 Å². The molecule has 2 aromatic rings. The van der Waals surface area contributed by atoms with Crippen LogP contribution in [0.3, 0.4) is 0 Å². The lowest BCUT2D eigenvalue weighted by Gasteiger charge is -2.13. The van der Waals surface area contributed by atoms with Gasteiger partial charge in [0, 0.05) is 16.2 Å². The van der Waals surface area contributed by atoms with Gasteiger partial charge in [-0.15, -0.1) is 0 Å². The summed E-state index contributed by atoms with van der Waals surface area (Å²) in [6, 6.07) is 13.2. The highest BCUT2D eigenvalue weighted by molar-refractivity contribution is 7.85. The van der Waals surface area contributed by atoms with Crippen molar-refractivity contribution in [1.82, 2.24) is 0 Å². The Labute approximate surface area is 134 Å². The fourth-order valence-corrected chi connectivity index (χ4v) is 3.13. The fraction of sp³-hybridized carbons (Fsp3) is 0.222. The van der Waals surface area contributed by atoms with Gasteiger partial charge in [0.25, 0.3) is 0 Å². The van der Waals surface area contributed by atoms with Gasteiger partial charge in [0.2, 0.25) is 0 Å². The monoisotopic (exact) mass is 316 g/mol.